The molecule has 1 N–H and O–H groups in total. The van der Waals surface area contributed by atoms with Crippen LogP contribution < -0.4 is 0 Å². The van der Waals surface area contributed by atoms with Gasteiger partial charge in [-0.05, 0) is 31.2 Å². The van der Waals surface area contributed by atoms with Crippen molar-refractivity contribution in [2.75, 3.05) is 6.54 Å². The second-order valence-corrected chi connectivity index (χ2v) is 6.50. The number of halogens is 1. The van der Waals surface area contributed by atoms with Gasteiger partial charge >= 0.3 is 0 Å². The summed E-state index contributed by atoms with van der Waals surface area (Å²) in [6, 6.07) is 7.77. The van der Waals surface area contributed by atoms with E-state index in [0.717, 1.165) is 59.5 Å². The third kappa shape index (κ3) is 3.05. The van der Waals surface area contributed by atoms with Gasteiger partial charge in [-0.25, -0.2) is 4.98 Å². The number of hydrogen-bond acceptors (Lipinski definition) is 4. The molecule has 1 aliphatic rings. The molecule has 0 saturated heterocycles. The summed E-state index contributed by atoms with van der Waals surface area (Å²) < 4.78 is 0. The molecule has 0 spiro atoms. The third-order valence-electron chi connectivity index (χ3n) is 4.38. The molecule has 0 atom stereocenters. The van der Waals surface area contributed by atoms with Crippen molar-refractivity contribution in [2.45, 2.75) is 26.4 Å². The summed E-state index contributed by atoms with van der Waals surface area (Å²) in [5.41, 5.74) is 5.44. The smallest absolute Gasteiger partial charge is 0.137 e. The van der Waals surface area contributed by atoms with Gasteiger partial charge in [0.2, 0.25) is 0 Å². The van der Waals surface area contributed by atoms with Crippen LogP contribution in [0.5, 0.6) is 0 Å². The number of nitrogens with one attached hydrogen (secondary N) is 1. The molecule has 2 aromatic heterocycles. The molecule has 0 radical (unpaired) electrons. The standard InChI is InChI=1S/C18H18ClN5/c1-12-16(21-8-7-20-12)10-24-9-6-15-17(11-24)23-18(22-15)13-2-4-14(19)5-3-13/h2-5,7-8H,6,9-11H2,1H3,(H,22,23). The van der Waals surface area contributed by atoms with Gasteiger partial charge in [-0.3, -0.25) is 14.9 Å². The zero-order valence-corrected chi connectivity index (χ0v) is 14.2. The predicted octanol–water partition coefficient (Wildman–Crippen LogP) is 3.39. The van der Waals surface area contributed by atoms with Crippen molar-refractivity contribution in [3.8, 4) is 11.4 Å². The van der Waals surface area contributed by atoms with Crippen molar-refractivity contribution in [3.63, 3.8) is 0 Å². The topological polar surface area (TPSA) is 57.7 Å². The minimum atomic E-state index is 0.737. The molecule has 5 nitrogen and oxygen atoms in total. The molecule has 0 aliphatic carbocycles. The zero-order valence-electron chi connectivity index (χ0n) is 13.5. The highest BCUT2D eigenvalue weighted by molar-refractivity contribution is 6.30. The fourth-order valence-corrected chi connectivity index (χ4v) is 3.16. The van der Waals surface area contributed by atoms with Gasteiger partial charge in [-0.2, -0.15) is 0 Å². The Bertz CT molecular complexity index is 856. The van der Waals surface area contributed by atoms with Crippen LogP contribution in [0, 0.1) is 6.92 Å². The van der Waals surface area contributed by atoms with E-state index >= 15 is 0 Å². The SMILES string of the molecule is Cc1nccnc1CN1CCc2nc(-c3ccc(Cl)cc3)[nH]c2C1. The van der Waals surface area contributed by atoms with Gasteiger partial charge < -0.3 is 4.98 Å². The number of hydrogen-bond donors (Lipinski definition) is 1. The van der Waals surface area contributed by atoms with Crippen molar-refractivity contribution in [1.82, 2.24) is 24.8 Å². The number of fused-ring (bicyclic) bond motifs is 1. The van der Waals surface area contributed by atoms with Crippen LogP contribution in [0.3, 0.4) is 0 Å². The fourth-order valence-electron chi connectivity index (χ4n) is 3.03. The average Bonchev–Trinajstić information content (AvgIpc) is 3.01. The molecule has 0 fully saturated rings. The Kier molecular flexibility index (Phi) is 4.04. The van der Waals surface area contributed by atoms with E-state index < -0.39 is 0 Å². The Hall–Kier alpha value is -2.24. The first-order valence-corrected chi connectivity index (χ1v) is 8.39. The average molecular weight is 340 g/mol. The molecule has 24 heavy (non-hydrogen) atoms. The van der Waals surface area contributed by atoms with Gasteiger partial charge in [0.25, 0.3) is 0 Å². The summed E-state index contributed by atoms with van der Waals surface area (Å²) in [7, 11) is 0. The van der Waals surface area contributed by atoms with Crippen LogP contribution in [0.1, 0.15) is 22.8 Å². The lowest BCUT2D eigenvalue weighted by Crippen LogP contribution is -2.30. The number of aromatic nitrogens is 4. The van der Waals surface area contributed by atoms with Crippen LogP contribution >= 0.6 is 11.6 Å². The molecule has 122 valence electrons. The first-order valence-electron chi connectivity index (χ1n) is 8.01. The maximum Gasteiger partial charge on any atom is 0.137 e. The Morgan fingerprint density at radius 2 is 1.96 bits per heavy atom. The fraction of sp³-hybridized carbons (Fsp3) is 0.278. The summed E-state index contributed by atoms with van der Waals surface area (Å²) in [5, 5.41) is 0.737. The maximum absolute atomic E-state index is 5.96. The molecule has 0 amide bonds. The molecule has 1 aliphatic heterocycles. The third-order valence-corrected chi connectivity index (χ3v) is 4.64. The summed E-state index contributed by atoms with van der Waals surface area (Å²) >= 11 is 5.96. The van der Waals surface area contributed by atoms with Crippen LogP contribution in [0.25, 0.3) is 11.4 Å². The van der Waals surface area contributed by atoms with Crippen molar-refractivity contribution in [2.24, 2.45) is 0 Å². The van der Waals surface area contributed by atoms with E-state index in [1.54, 1.807) is 12.4 Å². The molecule has 0 bridgehead atoms. The van der Waals surface area contributed by atoms with Crippen molar-refractivity contribution >= 4 is 11.6 Å². The Balaban J connectivity index is 1.53. The quantitative estimate of drug-likeness (QED) is 0.794. The number of rotatable bonds is 3. The molecule has 4 rings (SSSR count). The van der Waals surface area contributed by atoms with Gasteiger partial charge in [0.15, 0.2) is 0 Å². The number of aromatic amines is 1. The number of nitrogens with zero attached hydrogens (tertiary/aromatic N) is 4. The van der Waals surface area contributed by atoms with E-state index in [9.17, 15) is 0 Å². The first kappa shape index (κ1) is 15.3. The maximum atomic E-state index is 5.96. The molecule has 3 heterocycles. The van der Waals surface area contributed by atoms with E-state index in [1.165, 1.54) is 5.69 Å². The molecule has 1 aromatic carbocycles. The lowest BCUT2D eigenvalue weighted by atomic mass is 10.1. The van der Waals surface area contributed by atoms with E-state index in [4.69, 9.17) is 16.6 Å². The highest BCUT2D eigenvalue weighted by atomic mass is 35.5. The van der Waals surface area contributed by atoms with Gasteiger partial charge in [-0.15, -0.1) is 0 Å². The van der Waals surface area contributed by atoms with E-state index in [1.807, 2.05) is 31.2 Å². The lowest BCUT2D eigenvalue weighted by molar-refractivity contribution is 0.238. The van der Waals surface area contributed by atoms with Gasteiger partial charge in [-0.1, -0.05) is 11.6 Å². The number of H-pyrrole nitrogens is 1. The predicted molar refractivity (Wildman–Crippen MR) is 93.6 cm³/mol. The van der Waals surface area contributed by atoms with Crippen molar-refractivity contribution < 1.29 is 0 Å². The second kappa shape index (κ2) is 6.34. The number of imidazole rings is 1. The van der Waals surface area contributed by atoms with Crippen molar-refractivity contribution in [1.29, 1.82) is 0 Å². The monoisotopic (exact) mass is 339 g/mol. The van der Waals surface area contributed by atoms with E-state index in [-0.39, 0.29) is 0 Å². The largest absolute Gasteiger partial charge is 0.341 e. The summed E-state index contributed by atoms with van der Waals surface area (Å²) in [6.07, 6.45) is 4.44. The first-order chi connectivity index (χ1) is 11.7. The summed E-state index contributed by atoms with van der Waals surface area (Å²) in [6.45, 7) is 4.65. The zero-order chi connectivity index (χ0) is 16.5. The highest BCUT2D eigenvalue weighted by Gasteiger charge is 2.21. The molecular formula is C18H18ClN5. The Morgan fingerprint density at radius 1 is 1.17 bits per heavy atom. The highest BCUT2D eigenvalue weighted by Crippen LogP contribution is 2.24. The van der Waals surface area contributed by atoms with E-state index in [2.05, 4.69) is 19.9 Å². The minimum absolute atomic E-state index is 0.737. The Morgan fingerprint density at radius 3 is 2.75 bits per heavy atom. The molecular weight excluding hydrogens is 322 g/mol. The molecule has 0 saturated carbocycles. The molecule has 3 aromatic rings. The van der Waals surface area contributed by atoms with Crippen molar-refractivity contribution in [3.05, 3.63) is 64.5 Å². The summed E-state index contributed by atoms with van der Waals surface area (Å²) in [4.78, 5) is 19.4. The summed E-state index contributed by atoms with van der Waals surface area (Å²) in [5.74, 6) is 0.911. The normalized spacial score (nSPS) is 14.6. The van der Waals surface area contributed by atoms with Crippen LogP contribution in [0.15, 0.2) is 36.7 Å². The molecule has 6 heteroatoms. The minimum Gasteiger partial charge on any atom is -0.341 e. The van der Waals surface area contributed by atoms with Crippen LogP contribution in [0.2, 0.25) is 5.02 Å². The van der Waals surface area contributed by atoms with Gasteiger partial charge in [0, 0.05) is 49.0 Å². The number of aryl methyl sites for hydroxylation is 1. The number of benzene rings is 1. The molecule has 0 unspecified atom stereocenters. The van der Waals surface area contributed by atoms with Gasteiger partial charge in [0.05, 0.1) is 22.8 Å². The lowest BCUT2D eigenvalue weighted by Gasteiger charge is -2.25. The van der Waals surface area contributed by atoms with E-state index in [0.29, 0.717) is 0 Å². The van der Waals surface area contributed by atoms with Crippen LogP contribution in [-0.4, -0.2) is 31.4 Å². The Labute approximate surface area is 145 Å². The van der Waals surface area contributed by atoms with Gasteiger partial charge in [0.1, 0.15) is 5.82 Å². The van der Waals surface area contributed by atoms with Crippen LogP contribution in [-0.2, 0) is 19.5 Å². The second-order valence-electron chi connectivity index (χ2n) is 6.07. The van der Waals surface area contributed by atoms with Crippen LogP contribution in [0.4, 0.5) is 0 Å².